The number of nitrogens with zero attached hydrogens (tertiary/aromatic N) is 5. The predicted molar refractivity (Wildman–Crippen MR) is 97.9 cm³/mol. The Kier molecular flexibility index (Phi) is 6.19. The Hall–Kier alpha value is -2.60. The van der Waals surface area contributed by atoms with E-state index >= 15 is 0 Å². The summed E-state index contributed by atoms with van der Waals surface area (Å²) < 4.78 is 40.8. The fraction of sp³-hybridized carbons (Fsp3) is 0.188. The minimum Gasteiger partial charge on any atom is -0.369 e. The molecule has 3 aromatic rings. The van der Waals surface area contributed by atoms with Gasteiger partial charge in [0.25, 0.3) is 0 Å². The maximum Gasteiger partial charge on any atom is 0.416 e. The summed E-state index contributed by atoms with van der Waals surface area (Å²) in [4.78, 5) is 19.3. The number of carbonyl (C=O) groups is 1. The van der Waals surface area contributed by atoms with Crippen LogP contribution < -0.4 is 5.73 Å². The Morgan fingerprint density at radius 3 is 2.54 bits per heavy atom. The lowest BCUT2D eigenvalue weighted by molar-refractivity contribution is -0.137. The van der Waals surface area contributed by atoms with Crippen LogP contribution in [0.15, 0.2) is 53.0 Å². The molecule has 28 heavy (non-hydrogen) atoms. The zero-order valence-corrected chi connectivity index (χ0v) is 15.8. The Morgan fingerprint density at radius 2 is 1.86 bits per heavy atom. The molecule has 0 unspecified atom stereocenters. The zero-order chi connectivity index (χ0) is 20.1. The van der Waals surface area contributed by atoms with Crippen molar-refractivity contribution in [3.05, 3.63) is 54.1 Å². The third kappa shape index (κ3) is 5.01. The van der Waals surface area contributed by atoms with Gasteiger partial charge in [0.2, 0.25) is 5.91 Å². The fourth-order valence-electron chi connectivity index (χ4n) is 2.19. The minimum absolute atomic E-state index is 0.0773. The summed E-state index contributed by atoms with van der Waals surface area (Å²) in [6.07, 6.45) is -1.32. The first kappa shape index (κ1) is 20.1. The molecule has 0 spiro atoms. The van der Waals surface area contributed by atoms with Gasteiger partial charge in [-0.15, -0.1) is 10.2 Å². The molecule has 0 aliphatic rings. The lowest BCUT2D eigenvalue weighted by Crippen LogP contribution is -2.14. The molecule has 2 aromatic heterocycles. The standard InChI is InChI=1S/C16H13F3N6OS2/c17-16(18,19)10-3-1-4-11(7-10)25-13(9-27-14-21-5-2-6-22-14)23-24-15(25)28-8-12(20)26/h1-7H,8-9H2,(H2,20,26). The van der Waals surface area contributed by atoms with Crippen molar-refractivity contribution >= 4 is 29.4 Å². The number of halogens is 3. The third-order valence-corrected chi connectivity index (χ3v) is 5.17. The van der Waals surface area contributed by atoms with E-state index in [-0.39, 0.29) is 22.3 Å². The van der Waals surface area contributed by atoms with Gasteiger partial charge >= 0.3 is 6.18 Å². The van der Waals surface area contributed by atoms with Gasteiger partial charge in [-0.3, -0.25) is 9.36 Å². The minimum atomic E-state index is -4.49. The highest BCUT2D eigenvalue weighted by Crippen LogP contribution is 2.32. The molecule has 0 aliphatic heterocycles. The molecule has 7 nitrogen and oxygen atoms in total. The van der Waals surface area contributed by atoms with Crippen LogP contribution >= 0.6 is 23.5 Å². The van der Waals surface area contributed by atoms with Crippen LogP contribution in [0.1, 0.15) is 11.4 Å². The molecule has 1 aromatic carbocycles. The van der Waals surface area contributed by atoms with E-state index in [2.05, 4.69) is 20.2 Å². The Morgan fingerprint density at radius 1 is 1.11 bits per heavy atom. The summed E-state index contributed by atoms with van der Waals surface area (Å²) in [5.41, 5.74) is 4.60. The van der Waals surface area contributed by atoms with E-state index in [0.29, 0.717) is 11.0 Å². The Labute approximate surface area is 166 Å². The van der Waals surface area contributed by atoms with E-state index in [0.717, 1.165) is 23.9 Å². The summed E-state index contributed by atoms with van der Waals surface area (Å²) in [6, 6.07) is 6.48. The molecule has 0 saturated heterocycles. The van der Waals surface area contributed by atoms with Crippen molar-refractivity contribution in [1.29, 1.82) is 0 Å². The number of hydrogen-bond donors (Lipinski definition) is 1. The van der Waals surface area contributed by atoms with Crippen molar-refractivity contribution < 1.29 is 18.0 Å². The van der Waals surface area contributed by atoms with Crippen LogP contribution in [-0.4, -0.2) is 36.4 Å². The number of carbonyl (C=O) groups excluding carboxylic acids is 1. The lowest BCUT2D eigenvalue weighted by Gasteiger charge is -2.12. The fourth-order valence-corrected chi connectivity index (χ4v) is 3.62. The molecular formula is C16H13F3N6OS2. The topological polar surface area (TPSA) is 99.6 Å². The van der Waals surface area contributed by atoms with E-state index in [1.165, 1.54) is 28.5 Å². The van der Waals surface area contributed by atoms with Gasteiger partial charge in [0.05, 0.1) is 22.8 Å². The molecule has 0 bridgehead atoms. The van der Waals surface area contributed by atoms with Crippen LogP contribution in [0.2, 0.25) is 0 Å². The van der Waals surface area contributed by atoms with Crippen LogP contribution in [0, 0.1) is 0 Å². The maximum absolute atomic E-state index is 13.1. The summed E-state index contributed by atoms with van der Waals surface area (Å²) >= 11 is 2.26. The van der Waals surface area contributed by atoms with Crippen LogP contribution in [-0.2, 0) is 16.7 Å². The molecule has 2 heterocycles. The normalized spacial score (nSPS) is 11.5. The number of rotatable bonds is 7. The van der Waals surface area contributed by atoms with Crippen LogP contribution in [0.25, 0.3) is 5.69 Å². The van der Waals surface area contributed by atoms with Gasteiger partial charge in [-0.1, -0.05) is 29.6 Å². The maximum atomic E-state index is 13.1. The largest absolute Gasteiger partial charge is 0.416 e. The highest BCUT2D eigenvalue weighted by molar-refractivity contribution is 7.99. The number of primary amides is 1. The van der Waals surface area contributed by atoms with E-state index in [9.17, 15) is 18.0 Å². The Balaban J connectivity index is 1.96. The molecule has 0 atom stereocenters. The molecule has 0 radical (unpaired) electrons. The predicted octanol–water partition coefficient (Wildman–Crippen LogP) is 2.95. The van der Waals surface area contributed by atoms with E-state index in [1.54, 1.807) is 18.5 Å². The summed E-state index contributed by atoms with van der Waals surface area (Å²) in [6.45, 7) is 0. The number of thioether (sulfide) groups is 2. The van der Waals surface area contributed by atoms with Gasteiger partial charge in [0, 0.05) is 12.4 Å². The monoisotopic (exact) mass is 426 g/mol. The number of nitrogens with two attached hydrogens (primary N) is 1. The quantitative estimate of drug-likeness (QED) is 0.458. The average Bonchev–Trinajstić information content (AvgIpc) is 3.08. The van der Waals surface area contributed by atoms with Crippen molar-refractivity contribution in [2.75, 3.05) is 5.75 Å². The van der Waals surface area contributed by atoms with Gasteiger partial charge in [0.1, 0.15) is 5.82 Å². The second-order valence-electron chi connectivity index (χ2n) is 5.36. The molecule has 3 rings (SSSR count). The second-order valence-corrected chi connectivity index (χ2v) is 7.24. The summed E-state index contributed by atoms with van der Waals surface area (Å²) in [5, 5.41) is 8.82. The summed E-state index contributed by atoms with van der Waals surface area (Å²) in [7, 11) is 0. The first-order valence-corrected chi connectivity index (χ1v) is 9.74. The highest BCUT2D eigenvalue weighted by atomic mass is 32.2. The van der Waals surface area contributed by atoms with Crippen molar-refractivity contribution in [2.45, 2.75) is 22.2 Å². The van der Waals surface area contributed by atoms with E-state index in [4.69, 9.17) is 5.73 Å². The molecule has 0 saturated carbocycles. The van der Waals surface area contributed by atoms with Crippen LogP contribution in [0.3, 0.4) is 0 Å². The smallest absolute Gasteiger partial charge is 0.369 e. The lowest BCUT2D eigenvalue weighted by atomic mass is 10.2. The van der Waals surface area contributed by atoms with Crippen molar-refractivity contribution in [2.24, 2.45) is 5.73 Å². The van der Waals surface area contributed by atoms with E-state index < -0.39 is 17.6 Å². The number of amides is 1. The Bertz CT molecular complexity index is 965. The van der Waals surface area contributed by atoms with Gasteiger partial charge < -0.3 is 5.73 Å². The van der Waals surface area contributed by atoms with Gasteiger partial charge in [-0.2, -0.15) is 13.2 Å². The molecule has 0 aliphatic carbocycles. The van der Waals surface area contributed by atoms with E-state index in [1.807, 2.05) is 0 Å². The van der Waals surface area contributed by atoms with Gasteiger partial charge in [-0.25, -0.2) is 9.97 Å². The van der Waals surface area contributed by atoms with Gasteiger partial charge in [0.15, 0.2) is 10.3 Å². The number of benzene rings is 1. The number of alkyl halides is 3. The van der Waals surface area contributed by atoms with Crippen molar-refractivity contribution in [3.63, 3.8) is 0 Å². The zero-order valence-electron chi connectivity index (χ0n) is 14.1. The molecule has 2 N–H and O–H groups in total. The first-order valence-electron chi connectivity index (χ1n) is 7.77. The molecular weight excluding hydrogens is 413 g/mol. The van der Waals surface area contributed by atoms with Crippen LogP contribution in [0.4, 0.5) is 13.2 Å². The second kappa shape index (κ2) is 8.61. The number of hydrogen-bond acceptors (Lipinski definition) is 7. The van der Waals surface area contributed by atoms with Gasteiger partial charge in [-0.05, 0) is 24.3 Å². The highest BCUT2D eigenvalue weighted by Gasteiger charge is 2.31. The van der Waals surface area contributed by atoms with Crippen molar-refractivity contribution in [3.8, 4) is 5.69 Å². The average molecular weight is 426 g/mol. The SMILES string of the molecule is NC(=O)CSc1nnc(CSc2ncccn2)n1-c1cccc(C(F)(F)F)c1. The van der Waals surface area contributed by atoms with Crippen LogP contribution in [0.5, 0.6) is 0 Å². The molecule has 0 fully saturated rings. The number of aromatic nitrogens is 5. The third-order valence-electron chi connectivity index (χ3n) is 3.35. The molecule has 12 heteroatoms. The molecule has 146 valence electrons. The molecule has 1 amide bonds. The summed E-state index contributed by atoms with van der Waals surface area (Å²) in [5.74, 6) is 0.0112. The first-order chi connectivity index (χ1) is 13.3. The van der Waals surface area contributed by atoms with Crippen molar-refractivity contribution in [1.82, 2.24) is 24.7 Å².